The predicted molar refractivity (Wildman–Crippen MR) is 82.7 cm³/mol. The van der Waals surface area contributed by atoms with Gasteiger partial charge in [-0.15, -0.1) is 0 Å². The van der Waals surface area contributed by atoms with Gasteiger partial charge < -0.3 is 15.0 Å². The highest BCUT2D eigenvalue weighted by Gasteiger charge is 2.40. The van der Waals surface area contributed by atoms with Gasteiger partial charge in [0.15, 0.2) is 0 Å². The number of nitrogens with one attached hydrogen (secondary N) is 1. The fourth-order valence-corrected chi connectivity index (χ4v) is 4.52. The summed E-state index contributed by atoms with van der Waals surface area (Å²) >= 11 is 0. The van der Waals surface area contributed by atoms with E-state index in [0.717, 1.165) is 24.3 Å². The molecule has 2 fully saturated rings. The van der Waals surface area contributed by atoms with Crippen molar-refractivity contribution in [1.82, 2.24) is 0 Å². The molecular weight excluding hydrogens is 248 g/mol. The topological polar surface area (TPSA) is 24.5 Å². The molecule has 3 unspecified atom stereocenters. The van der Waals surface area contributed by atoms with Gasteiger partial charge in [0.25, 0.3) is 0 Å². The molecule has 1 aliphatic carbocycles. The van der Waals surface area contributed by atoms with E-state index in [9.17, 15) is 0 Å². The van der Waals surface area contributed by atoms with Gasteiger partial charge in [-0.2, -0.15) is 0 Å². The zero-order valence-electron chi connectivity index (χ0n) is 12.3. The molecule has 3 nitrogen and oxygen atoms in total. The van der Waals surface area contributed by atoms with Gasteiger partial charge in [0.2, 0.25) is 0 Å². The van der Waals surface area contributed by atoms with Crippen molar-refractivity contribution in [2.45, 2.75) is 50.6 Å². The molecule has 1 N–H and O–H groups in total. The van der Waals surface area contributed by atoms with Gasteiger partial charge in [-0.3, -0.25) is 0 Å². The molecule has 0 bridgehead atoms. The van der Waals surface area contributed by atoms with E-state index >= 15 is 0 Å². The zero-order chi connectivity index (χ0) is 13.5. The van der Waals surface area contributed by atoms with Crippen molar-refractivity contribution in [3.05, 3.63) is 18.2 Å². The molecular formula is C17H24N2O. The molecule has 0 aromatic heterocycles. The van der Waals surface area contributed by atoms with Crippen molar-refractivity contribution < 1.29 is 4.74 Å². The molecule has 1 aromatic rings. The van der Waals surface area contributed by atoms with Crippen LogP contribution in [0.1, 0.15) is 38.5 Å². The fourth-order valence-electron chi connectivity index (χ4n) is 4.52. The Morgan fingerprint density at radius 3 is 2.95 bits per heavy atom. The second-order valence-electron chi connectivity index (χ2n) is 6.51. The average molecular weight is 272 g/mol. The number of methoxy groups -OCH3 is 1. The van der Waals surface area contributed by atoms with Gasteiger partial charge >= 0.3 is 0 Å². The Kier molecular flexibility index (Phi) is 3.01. The summed E-state index contributed by atoms with van der Waals surface area (Å²) in [7, 11) is 1.74. The van der Waals surface area contributed by atoms with Crippen LogP contribution in [0.15, 0.2) is 18.2 Å². The summed E-state index contributed by atoms with van der Waals surface area (Å²) in [5.74, 6) is 1.87. The summed E-state index contributed by atoms with van der Waals surface area (Å²) < 4.78 is 5.36. The van der Waals surface area contributed by atoms with Crippen molar-refractivity contribution in [1.29, 1.82) is 0 Å². The van der Waals surface area contributed by atoms with Crippen LogP contribution in [0.3, 0.4) is 0 Å². The van der Waals surface area contributed by atoms with Crippen molar-refractivity contribution in [3.63, 3.8) is 0 Å². The summed E-state index contributed by atoms with van der Waals surface area (Å²) in [5.41, 5.74) is 2.66. The lowest BCUT2D eigenvalue weighted by Crippen LogP contribution is -2.56. The van der Waals surface area contributed by atoms with Gasteiger partial charge in [-0.1, -0.05) is 12.8 Å². The third-order valence-electron chi connectivity index (χ3n) is 5.50. The van der Waals surface area contributed by atoms with Gasteiger partial charge in [-0.25, -0.2) is 0 Å². The van der Waals surface area contributed by atoms with E-state index in [0.29, 0.717) is 6.04 Å². The maximum absolute atomic E-state index is 5.36. The smallest absolute Gasteiger partial charge is 0.121 e. The number of ether oxygens (including phenoxy) is 1. The largest absolute Gasteiger partial charge is 0.497 e. The molecule has 1 aromatic carbocycles. The first-order valence-corrected chi connectivity index (χ1v) is 8.07. The van der Waals surface area contributed by atoms with E-state index in [-0.39, 0.29) is 0 Å². The highest BCUT2D eigenvalue weighted by atomic mass is 16.5. The molecule has 1 saturated heterocycles. The summed E-state index contributed by atoms with van der Waals surface area (Å²) in [6, 6.07) is 7.98. The van der Waals surface area contributed by atoms with Gasteiger partial charge in [0.1, 0.15) is 5.75 Å². The normalized spacial score (nSPS) is 31.6. The monoisotopic (exact) mass is 272 g/mol. The van der Waals surface area contributed by atoms with Crippen molar-refractivity contribution in [3.8, 4) is 5.75 Å². The number of anilines is 2. The average Bonchev–Trinajstić information content (AvgIpc) is 2.53. The third kappa shape index (κ3) is 1.87. The second kappa shape index (κ2) is 4.87. The highest BCUT2D eigenvalue weighted by Crippen LogP contribution is 2.45. The number of benzene rings is 1. The van der Waals surface area contributed by atoms with Crippen LogP contribution >= 0.6 is 0 Å². The molecule has 0 spiro atoms. The van der Waals surface area contributed by atoms with E-state index < -0.39 is 0 Å². The SMILES string of the molecule is COc1ccc2c(c1)NCC1CCC3CCCCC3N21. The first kappa shape index (κ1) is 12.4. The maximum atomic E-state index is 5.36. The van der Waals surface area contributed by atoms with Gasteiger partial charge in [0.05, 0.1) is 18.5 Å². The van der Waals surface area contributed by atoms with Crippen LogP contribution in [-0.2, 0) is 0 Å². The van der Waals surface area contributed by atoms with E-state index in [1.54, 1.807) is 7.11 Å². The van der Waals surface area contributed by atoms with Crippen molar-refractivity contribution in [2.75, 3.05) is 23.9 Å². The molecule has 4 rings (SSSR count). The number of nitrogens with zero attached hydrogens (tertiary/aromatic N) is 1. The number of piperidine rings is 1. The molecule has 1 saturated carbocycles. The van der Waals surface area contributed by atoms with Crippen LogP contribution in [0, 0.1) is 5.92 Å². The van der Waals surface area contributed by atoms with E-state index in [1.807, 2.05) is 0 Å². The quantitative estimate of drug-likeness (QED) is 0.844. The number of hydrogen-bond acceptors (Lipinski definition) is 3. The molecule has 108 valence electrons. The van der Waals surface area contributed by atoms with Crippen LogP contribution in [0.2, 0.25) is 0 Å². The summed E-state index contributed by atoms with van der Waals surface area (Å²) in [6.45, 7) is 1.09. The van der Waals surface area contributed by atoms with Crippen LogP contribution in [0.25, 0.3) is 0 Å². The third-order valence-corrected chi connectivity index (χ3v) is 5.50. The molecule has 2 heterocycles. The fraction of sp³-hybridized carbons (Fsp3) is 0.647. The Morgan fingerprint density at radius 2 is 2.05 bits per heavy atom. The van der Waals surface area contributed by atoms with Crippen LogP contribution < -0.4 is 15.0 Å². The summed E-state index contributed by atoms with van der Waals surface area (Å²) in [6.07, 6.45) is 8.44. The minimum Gasteiger partial charge on any atom is -0.497 e. The Hall–Kier alpha value is -1.38. The lowest BCUT2D eigenvalue weighted by Gasteiger charge is -2.52. The molecule has 0 radical (unpaired) electrons. The Labute approximate surface area is 121 Å². The zero-order valence-corrected chi connectivity index (χ0v) is 12.3. The lowest BCUT2D eigenvalue weighted by atomic mass is 9.75. The molecule has 3 aliphatic rings. The first-order valence-electron chi connectivity index (χ1n) is 8.07. The molecule has 20 heavy (non-hydrogen) atoms. The Bertz CT molecular complexity index is 502. The Morgan fingerprint density at radius 1 is 1.15 bits per heavy atom. The van der Waals surface area contributed by atoms with Crippen LogP contribution in [0.5, 0.6) is 5.75 Å². The summed E-state index contributed by atoms with van der Waals surface area (Å²) in [5, 5.41) is 3.61. The van der Waals surface area contributed by atoms with Crippen LogP contribution in [0.4, 0.5) is 11.4 Å². The summed E-state index contributed by atoms with van der Waals surface area (Å²) in [4.78, 5) is 2.75. The van der Waals surface area contributed by atoms with E-state index in [4.69, 9.17) is 4.74 Å². The van der Waals surface area contributed by atoms with Gasteiger partial charge in [0, 0.05) is 24.7 Å². The minimum absolute atomic E-state index is 0.690. The Balaban J connectivity index is 1.71. The number of fused-ring (bicyclic) bond motifs is 5. The molecule has 0 amide bonds. The minimum atomic E-state index is 0.690. The van der Waals surface area contributed by atoms with E-state index in [1.165, 1.54) is 49.9 Å². The molecule has 2 aliphatic heterocycles. The standard InChI is InChI=1S/C17H24N2O/c1-20-14-8-9-17-15(10-14)18-11-13-7-6-12-4-2-3-5-16(12)19(13)17/h8-10,12-13,16,18H,2-7,11H2,1H3. The second-order valence-corrected chi connectivity index (χ2v) is 6.51. The molecule has 3 heteroatoms. The van der Waals surface area contributed by atoms with Crippen molar-refractivity contribution >= 4 is 11.4 Å². The highest BCUT2D eigenvalue weighted by molar-refractivity contribution is 5.75. The lowest BCUT2D eigenvalue weighted by molar-refractivity contribution is 0.215. The number of rotatable bonds is 1. The number of hydrogen-bond donors (Lipinski definition) is 1. The molecule has 3 atom stereocenters. The van der Waals surface area contributed by atoms with Gasteiger partial charge in [-0.05, 0) is 43.7 Å². The first-order chi connectivity index (χ1) is 9.86. The maximum Gasteiger partial charge on any atom is 0.121 e. The predicted octanol–water partition coefficient (Wildman–Crippen LogP) is 3.65. The van der Waals surface area contributed by atoms with Crippen LogP contribution in [-0.4, -0.2) is 25.7 Å². The van der Waals surface area contributed by atoms with E-state index in [2.05, 4.69) is 28.4 Å². The van der Waals surface area contributed by atoms with Crippen molar-refractivity contribution in [2.24, 2.45) is 5.92 Å².